The van der Waals surface area contributed by atoms with Gasteiger partial charge >= 0.3 is 0 Å². The molecule has 4 fully saturated rings. The summed E-state index contributed by atoms with van der Waals surface area (Å²) in [6.45, 7) is 1.95. The van der Waals surface area contributed by atoms with Gasteiger partial charge in [-0.1, -0.05) is 18.9 Å². The van der Waals surface area contributed by atoms with Gasteiger partial charge in [-0.3, -0.25) is 14.9 Å². The van der Waals surface area contributed by atoms with E-state index in [4.69, 9.17) is 9.47 Å². The lowest BCUT2D eigenvalue weighted by atomic mass is 9.74. The molecule has 2 bridgehead atoms. The second-order valence-corrected chi connectivity index (χ2v) is 14.1. The van der Waals surface area contributed by atoms with Crippen LogP contribution in [0.2, 0.25) is 0 Å². The zero-order valence-corrected chi connectivity index (χ0v) is 26.0. The minimum atomic E-state index is -0.0825. The monoisotopic (exact) mass is 604 g/mol. The van der Waals surface area contributed by atoms with Gasteiger partial charge in [0.25, 0.3) is 5.91 Å². The molecule has 2 aromatic carbocycles. The molecule has 3 atom stereocenters. The average Bonchev–Trinajstić information content (AvgIpc) is 3.78. The molecular weight excluding hydrogens is 560 g/mol. The van der Waals surface area contributed by atoms with Crippen molar-refractivity contribution < 1.29 is 14.3 Å². The van der Waals surface area contributed by atoms with Crippen LogP contribution in [-0.2, 0) is 4.74 Å². The normalized spacial score (nSPS) is 25.7. The van der Waals surface area contributed by atoms with Crippen LogP contribution in [0, 0.1) is 29.6 Å². The Kier molecular flexibility index (Phi) is 8.04. The van der Waals surface area contributed by atoms with Gasteiger partial charge in [-0.2, -0.15) is 5.10 Å². The highest BCUT2D eigenvalue weighted by atomic mass is 16.5. The molecule has 8 rings (SSSR count). The fraction of sp³-hybridized carbons (Fsp3) is 0.500. The molecule has 2 aromatic heterocycles. The van der Waals surface area contributed by atoms with Gasteiger partial charge in [0.15, 0.2) is 0 Å². The number of ether oxygens (including phenoxy) is 2. The van der Waals surface area contributed by atoms with Crippen LogP contribution < -0.4 is 10.1 Å². The van der Waals surface area contributed by atoms with Gasteiger partial charge in [0.05, 0.1) is 42.3 Å². The molecule has 0 radical (unpaired) electrons. The molecule has 7 heteroatoms. The third-order valence-corrected chi connectivity index (χ3v) is 11.3. The largest absolute Gasteiger partial charge is 0.490 e. The van der Waals surface area contributed by atoms with Crippen molar-refractivity contribution in [1.29, 1.82) is 0 Å². The predicted octanol–water partition coefficient (Wildman–Crippen LogP) is 7.90. The highest BCUT2D eigenvalue weighted by molar-refractivity contribution is 6.01. The molecule has 1 amide bonds. The van der Waals surface area contributed by atoms with Gasteiger partial charge in [0.2, 0.25) is 0 Å². The Morgan fingerprint density at radius 1 is 0.956 bits per heavy atom. The number of nitrogens with zero attached hydrogens (tertiary/aromatic N) is 2. The number of rotatable bonds is 10. The molecule has 2 unspecified atom stereocenters. The second-order valence-electron chi connectivity index (χ2n) is 14.1. The lowest BCUT2D eigenvalue weighted by Gasteiger charge is -2.37. The van der Waals surface area contributed by atoms with E-state index in [1.54, 1.807) is 0 Å². The predicted molar refractivity (Wildman–Crippen MR) is 175 cm³/mol. The first-order chi connectivity index (χ1) is 22.2. The fourth-order valence-electron chi connectivity index (χ4n) is 8.81. The Hall–Kier alpha value is -3.71. The summed E-state index contributed by atoms with van der Waals surface area (Å²) < 4.78 is 12.0. The smallest absolute Gasteiger partial charge is 0.251 e. The van der Waals surface area contributed by atoms with Gasteiger partial charge in [-0.15, -0.1) is 0 Å². The first-order valence-corrected chi connectivity index (χ1v) is 17.2. The summed E-state index contributed by atoms with van der Waals surface area (Å²) in [4.78, 5) is 18.2. The summed E-state index contributed by atoms with van der Waals surface area (Å²) in [7, 11) is 0. The molecule has 4 aliphatic rings. The molecular formula is C38H44N4O3. The maximum atomic E-state index is 13.6. The Balaban J connectivity index is 0.941. The number of nitrogens with one attached hydrogen (secondary N) is 2. The molecule has 3 heterocycles. The number of hydrogen-bond acceptors (Lipinski definition) is 5. The van der Waals surface area contributed by atoms with E-state index in [1.807, 2.05) is 42.6 Å². The summed E-state index contributed by atoms with van der Waals surface area (Å²) in [6, 6.07) is 20.0. The van der Waals surface area contributed by atoms with Crippen molar-refractivity contribution in [2.75, 3.05) is 13.2 Å². The molecule has 4 aromatic rings. The van der Waals surface area contributed by atoms with E-state index < -0.39 is 0 Å². The van der Waals surface area contributed by atoms with Crippen molar-refractivity contribution in [3.8, 4) is 17.0 Å². The number of H-pyrrole nitrogens is 1. The van der Waals surface area contributed by atoms with Crippen LogP contribution in [0.5, 0.6) is 5.75 Å². The maximum Gasteiger partial charge on any atom is 0.251 e. The summed E-state index contributed by atoms with van der Waals surface area (Å²) in [5.74, 6) is 4.59. The number of carbonyl (C=O) groups excluding carboxylic acids is 1. The van der Waals surface area contributed by atoms with Crippen LogP contribution in [-0.4, -0.2) is 40.4 Å². The Labute approximate surface area is 265 Å². The van der Waals surface area contributed by atoms with Gasteiger partial charge in [0, 0.05) is 28.6 Å². The fourth-order valence-corrected chi connectivity index (χ4v) is 8.81. The van der Waals surface area contributed by atoms with Gasteiger partial charge in [-0.05, 0) is 130 Å². The molecule has 7 nitrogen and oxygen atoms in total. The SMILES string of the molecule is O=C(N[C@H](c1ccccn1)C1CCCC1)c1ccc2[nH]nc(-c3ccc(OC4CC5CCC(C4)C5CCC4COC4)cc3)c2c1. The summed E-state index contributed by atoms with van der Waals surface area (Å²) in [5.41, 5.74) is 4.34. The minimum absolute atomic E-state index is 0.0731. The van der Waals surface area contributed by atoms with E-state index in [1.165, 1.54) is 51.4 Å². The zero-order valence-electron chi connectivity index (χ0n) is 26.0. The van der Waals surface area contributed by atoms with Crippen LogP contribution in [0.25, 0.3) is 22.2 Å². The Bertz CT molecular complexity index is 1600. The lowest BCUT2D eigenvalue weighted by molar-refractivity contribution is -0.0413. The van der Waals surface area contributed by atoms with Gasteiger partial charge in [0.1, 0.15) is 5.75 Å². The highest BCUT2D eigenvalue weighted by Crippen LogP contribution is 2.50. The summed E-state index contributed by atoms with van der Waals surface area (Å²) >= 11 is 0. The second kappa shape index (κ2) is 12.6. The molecule has 1 saturated heterocycles. The van der Waals surface area contributed by atoms with Crippen LogP contribution >= 0.6 is 0 Å². The molecule has 2 N–H and O–H groups in total. The van der Waals surface area contributed by atoms with Crippen molar-refractivity contribution in [2.24, 2.45) is 29.6 Å². The quantitative estimate of drug-likeness (QED) is 0.192. The number of aromatic nitrogens is 3. The van der Waals surface area contributed by atoms with Crippen LogP contribution in [0.15, 0.2) is 66.9 Å². The van der Waals surface area contributed by atoms with Crippen LogP contribution in [0.1, 0.15) is 86.3 Å². The van der Waals surface area contributed by atoms with Gasteiger partial charge in [-0.25, -0.2) is 0 Å². The van der Waals surface area contributed by atoms with Crippen molar-refractivity contribution in [2.45, 2.75) is 76.4 Å². The third kappa shape index (κ3) is 5.99. The lowest BCUT2D eigenvalue weighted by Crippen LogP contribution is -2.34. The topological polar surface area (TPSA) is 89.1 Å². The molecule has 234 valence electrons. The van der Waals surface area contributed by atoms with E-state index in [0.717, 1.165) is 83.3 Å². The van der Waals surface area contributed by atoms with Gasteiger partial charge < -0.3 is 14.8 Å². The minimum Gasteiger partial charge on any atom is -0.490 e. The van der Waals surface area contributed by atoms with E-state index in [0.29, 0.717) is 17.6 Å². The standard InChI is InChI=1S/C38H44N4O3/c43-38(40-37(25-5-1-2-6-25)35-7-3-4-18-39-35)29-13-17-34-33(21-29)36(42-41-34)26-11-14-30(15-12-26)45-31-19-27-9-10-28(20-31)32(27)16-8-24-22-44-23-24/h3-4,7,11-15,17-18,21,24-25,27-28,31-32,37H,1-2,5-6,8-10,16,19-20,22-23H2,(H,40,43)(H,41,42)/t27?,28?,31?,32?,37-/m0/s1. The molecule has 3 aliphatic carbocycles. The molecule has 3 saturated carbocycles. The molecule has 45 heavy (non-hydrogen) atoms. The number of hydrogen-bond donors (Lipinski definition) is 2. The first kappa shape index (κ1) is 28.7. The summed E-state index contributed by atoms with van der Waals surface area (Å²) in [5, 5.41) is 12.1. The first-order valence-electron chi connectivity index (χ1n) is 17.2. The number of carbonyl (C=O) groups is 1. The number of pyridine rings is 1. The average molecular weight is 605 g/mol. The Morgan fingerprint density at radius 3 is 2.47 bits per heavy atom. The van der Waals surface area contributed by atoms with E-state index in [9.17, 15) is 4.79 Å². The van der Waals surface area contributed by atoms with Crippen molar-refractivity contribution in [1.82, 2.24) is 20.5 Å². The number of aromatic amines is 1. The maximum absolute atomic E-state index is 13.6. The van der Waals surface area contributed by atoms with Crippen LogP contribution in [0.3, 0.4) is 0 Å². The zero-order chi connectivity index (χ0) is 30.2. The van der Waals surface area contributed by atoms with E-state index in [2.05, 4.69) is 44.8 Å². The number of amides is 1. The van der Waals surface area contributed by atoms with Crippen molar-refractivity contribution >= 4 is 16.8 Å². The van der Waals surface area contributed by atoms with E-state index in [-0.39, 0.29) is 11.9 Å². The summed E-state index contributed by atoms with van der Waals surface area (Å²) in [6.07, 6.45) is 14.6. The molecule has 1 aliphatic heterocycles. The Morgan fingerprint density at radius 2 is 1.76 bits per heavy atom. The van der Waals surface area contributed by atoms with Crippen LogP contribution in [0.4, 0.5) is 0 Å². The highest BCUT2D eigenvalue weighted by Gasteiger charge is 2.43. The number of fused-ring (bicyclic) bond motifs is 3. The molecule has 0 spiro atoms. The van der Waals surface area contributed by atoms with Crippen molar-refractivity contribution in [3.63, 3.8) is 0 Å². The number of benzene rings is 2. The third-order valence-electron chi connectivity index (χ3n) is 11.3. The van der Waals surface area contributed by atoms with E-state index >= 15 is 0 Å². The van der Waals surface area contributed by atoms with Crippen molar-refractivity contribution in [3.05, 3.63) is 78.1 Å².